The molecule has 2 rings (SSSR count). The minimum Gasteiger partial charge on any atom is -0.396 e. The zero-order chi connectivity index (χ0) is 11.4. The lowest BCUT2D eigenvalue weighted by atomic mass is 10.1. The molecule has 0 radical (unpaired) electrons. The molecule has 0 saturated heterocycles. The van der Waals surface area contributed by atoms with Gasteiger partial charge in [-0.15, -0.1) is 20.4 Å². The standard InChI is InChI=1S/C11H12N4O/c1-8-12-14-11(15-13-8)10-4-2-3-9(7-10)5-6-16/h2-4,7,16H,5-6H2,1H3. The Hall–Kier alpha value is -1.88. The third kappa shape index (κ3) is 2.38. The third-order valence-electron chi connectivity index (χ3n) is 2.16. The Morgan fingerprint density at radius 2 is 1.88 bits per heavy atom. The second-order valence-corrected chi connectivity index (χ2v) is 3.44. The molecule has 1 N–H and O–H groups in total. The van der Waals surface area contributed by atoms with Gasteiger partial charge in [-0.05, 0) is 25.0 Å². The summed E-state index contributed by atoms with van der Waals surface area (Å²) in [6, 6.07) is 7.69. The van der Waals surface area contributed by atoms with Gasteiger partial charge in [0, 0.05) is 12.2 Å². The van der Waals surface area contributed by atoms with Crippen LogP contribution in [0.25, 0.3) is 11.4 Å². The van der Waals surface area contributed by atoms with Gasteiger partial charge in [0.25, 0.3) is 0 Å². The molecule has 0 aliphatic rings. The number of nitrogens with zero attached hydrogens (tertiary/aromatic N) is 4. The van der Waals surface area contributed by atoms with Gasteiger partial charge in [0.1, 0.15) is 0 Å². The monoisotopic (exact) mass is 216 g/mol. The van der Waals surface area contributed by atoms with E-state index in [2.05, 4.69) is 20.4 Å². The van der Waals surface area contributed by atoms with Crippen LogP contribution in [0, 0.1) is 6.92 Å². The Morgan fingerprint density at radius 1 is 1.12 bits per heavy atom. The van der Waals surface area contributed by atoms with Crippen LogP contribution in [0.5, 0.6) is 0 Å². The summed E-state index contributed by atoms with van der Waals surface area (Å²) in [7, 11) is 0. The number of hydrogen-bond acceptors (Lipinski definition) is 5. The maximum absolute atomic E-state index is 8.86. The van der Waals surface area contributed by atoms with Crippen molar-refractivity contribution in [1.82, 2.24) is 20.4 Å². The van der Waals surface area contributed by atoms with Crippen molar-refractivity contribution in [3.05, 3.63) is 35.7 Å². The minimum atomic E-state index is 0.134. The quantitative estimate of drug-likeness (QED) is 0.820. The SMILES string of the molecule is Cc1nnc(-c2cccc(CCO)c2)nn1. The van der Waals surface area contributed by atoms with Crippen LogP contribution >= 0.6 is 0 Å². The van der Waals surface area contributed by atoms with Crippen LogP contribution in [-0.4, -0.2) is 32.1 Å². The highest BCUT2D eigenvalue weighted by molar-refractivity contribution is 5.54. The van der Waals surface area contributed by atoms with E-state index >= 15 is 0 Å². The van der Waals surface area contributed by atoms with Crippen molar-refractivity contribution < 1.29 is 5.11 Å². The van der Waals surface area contributed by atoms with E-state index in [-0.39, 0.29) is 6.61 Å². The van der Waals surface area contributed by atoms with Crippen molar-refractivity contribution in [2.24, 2.45) is 0 Å². The van der Waals surface area contributed by atoms with E-state index < -0.39 is 0 Å². The summed E-state index contributed by atoms with van der Waals surface area (Å²) < 4.78 is 0. The summed E-state index contributed by atoms with van der Waals surface area (Å²) in [6.07, 6.45) is 0.626. The van der Waals surface area contributed by atoms with E-state index in [1.54, 1.807) is 6.92 Å². The van der Waals surface area contributed by atoms with Crippen LogP contribution in [0.1, 0.15) is 11.4 Å². The predicted molar refractivity (Wildman–Crippen MR) is 58.6 cm³/mol. The van der Waals surface area contributed by atoms with Crippen molar-refractivity contribution in [3.8, 4) is 11.4 Å². The highest BCUT2D eigenvalue weighted by Crippen LogP contribution is 2.15. The van der Waals surface area contributed by atoms with Gasteiger partial charge >= 0.3 is 0 Å². The average molecular weight is 216 g/mol. The zero-order valence-electron chi connectivity index (χ0n) is 8.96. The van der Waals surface area contributed by atoms with Crippen molar-refractivity contribution in [1.29, 1.82) is 0 Å². The van der Waals surface area contributed by atoms with Crippen molar-refractivity contribution >= 4 is 0 Å². The zero-order valence-corrected chi connectivity index (χ0v) is 8.96. The van der Waals surface area contributed by atoms with Crippen molar-refractivity contribution in [2.45, 2.75) is 13.3 Å². The molecule has 0 fully saturated rings. The van der Waals surface area contributed by atoms with E-state index in [1.165, 1.54) is 0 Å². The van der Waals surface area contributed by atoms with Crippen LogP contribution in [-0.2, 0) is 6.42 Å². The molecule has 1 aromatic carbocycles. The molecule has 2 aromatic rings. The van der Waals surface area contributed by atoms with Crippen LogP contribution < -0.4 is 0 Å². The van der Waals surface area contributed by atoms with E-state index in [1.807, 2.05) is 24.3 Å². The van der Waals surface area contributed by atoms with E-state index in [9.17, 15) is 0 Å². The van der Waals surface area contributed by atoms with E-state index in [0.717, 1.165) is 11.1 Å². The lowest BCUT2D eigenvalue weighted by molar-refractivity contribution is 0.299. The molecule has 5 nitrogen and oxygen atoms in total. The van der Waals surface area contributed by atoms with Gasteiger partial charge in [-0.3, -0.25) is 0 Å². The lowest BCUT2D eigenvalue weighted by Crippen LogP contribution is -1.99. The molecule has 1 aromatic heterocycles. The fraction of sp³-hybridized carbons (Fsp3) is 0.273. The average Bonchev–Trinajstić information content (AvgIpc) is 2.31. The number of aliphatic hydroxyl groups excluding tert-OH is 1. The van der Waals surface area contributed by atoms with E-state index in [0.29, 0.717) is 18.1 Å². The number of rotatable bonds is 3. The number of benzene rings is 1. The number of aromatic nitrogens is 4. The van der Waals surface area contributed by atoms with Gasteiger partial charge in [0.05, 0.1) is 0 Å². The maximum Gasteiger partial charge on any atom is 0.203 e. The van der Waals surface area contributed by atoms with Crippen molar-refractivity contribution in [2.75, 3.05) is 6.61 Å². The van der Waals surface area contributed by atoms with Crippen LogP contribution in [0.4, 0.5) is 0 Å². The van der Waals surface area contributed by atoms with Gasteiger partial charge in [-0.25, -0.2) is 0 Å². The van der Waals surface area contributed by atoms with Crippen molar-refractivity contribution in [3.63, 3.8) is 0 Å². The Balaban J connectivity index is 2.32. The van der Waals surface area contributed by atoms with E-state index in [4.69, 9.17) is 5.11 Å². The summed E-state index contributed by atoms with van der Waals surface area (Å²) >= 11 is 0. The molecule has 82 valence electrons. The maximum atomic E-state index is 8.86. The van der Waals surface area contributed by atoms with Gasteiger partial charge in [0.2, 0.25) is 5.82 Å². The second-order valence-electron chi connectivity index (χ2n) is 3.44. The molecule has 0 aliphatic heterocycles. The summed E-state index contributed by atoms with van der Waals surface area (Å²) in [6.45, 7) is 1.88. The molecule has 0 atom stereocenters. The number of aryl methyl sites for hydroxylation is 1. The first-order chi connectivity index (χ1) is 7.79. The fourth-order valence-corrected chi connectivity index (χ4v) is 1.39. The third-order valence-corrected chi connectivity index (χ3v) is 2.16. The molecule has 5 heteroatoms. The molecule has 0 unspecified atom stereocenters. The number of aliphatic hydroxyl groups is 1. The first kappa shape index (κ1) is 10.6. The Kier molecular flexibility index (Phi) is 3.16. The highest BCUT2D eigenvalue weighted by Gasteiger charge is 2.03. The molecule has 0 aliphatic carbocycles. The predicted octanol–water partition coefficient (Wildman–Crippen LogP) is 0.777. The Labute approximate surface area is 93.2 Å². The molecular formula is C11H12N4O. The first-order valence-corrected chi connectivity index (χ1v) is 5.04. The summed E-state index contributed by atoms with van der Waals surface area (Å²) in [4.78, 5) is 0. The largest absolute Gasteiger partial charge is 0.396 e. The molecule has 0 saturated carbocycles. The van der Waals surface area contributed by atoms with Gasteiger partial charge < -0.3 is 5.11 Å². The van der Waals surface area contributed by atoms with Crippen LogP contribution in [0.15, 0.2) is 24.3 Å². The first-order valence-electron chi connectivity index (χ1n) is 5.04. The number of hydrogen-bond donors (Lipinski definition) is 1. The molecule has 0 spiro atoms. The highest BCUT2D eigenvalue weighted by atomic mass is 16.2. The fourth-order valence-electron chi connectivity index (χ4n) is 1.39. The normalized spacial score (nSPS) is 10.4. The van der Waals surface area contributed by atoms with Gasteiger partial charge in [-0.1, -0.05) is 18.2 Å². The van der Waals surface area contributed by atoms with Gasteiger partial charge in [0.15, 0.2) is 5.82 Å². The topological polar surface area (TPSA) is 71.8 Å². The molecule has 1 heterocycles. The Morgan fingerprint density at radius 3 is 2.56 bits per heavy atom. The molecule has 0 bridgehead atoms. The molecule has 16 heavy (non-hydrogen) atoms. The Bertz CT molecular complexity index is 470. The second kappa shape index (κ2) is 4.76. The molecule has 0 amide bonds. The lowest BCUT2D eigenvalue weighted by Gasteiger charge is -2.01. The summed E-state index contributed by atoms with van der Waals surface area (Å²) in [5.41, 5.74) is 1.91. The molecular weight excluding hydrogens is 204 g/mol. The summed E-state index contributed by atoms with van der Waals surface area (Å²) in [5, 5.41) is 24.5. The van der Waals surface area contributed by atoms with Crippen LogP contribution in [0.3, 0.4) is 0 Å². The minimum absolute atomic E-state index is 0.134. The van der Waals surface area contributed by atoms with Gasteiger partial charge in [-0.2, -0.15) is 0 Å². The van der Waals surface area contributed by atoms with Crippen LogP contribution in [0.2, 0.25) is 0 Å². The summed E-state index contributed by atoms with van der Waals surface area (Å²) in [5.74, 6) is 1.06. The smallest absolute Gasteiger partial charge is 0.203 e.